The summed E-state index contributed by atoms with van der Waals surface area (Å²) in [5, 5.41) is 37.8. The molecule has 0 radical (unpaired) electrons. The Kier molecular flexibility index (Phi) is 10.2. The van der Waals surface area contributed by atoms with Crippen molar-refractivity contribution in [2.45, 2.75) is 39.8 Å². The van der Waals surface area contributed by atoms with E-state index in [0.717, 1.165) is 11.1 Å². The number of amides is 2. The standard InChI is InChI=1S/C36H32N10O6/c1-23-5-7-27(19-31(23)45(49)50)39-35(47)33-21-29(25-9-13-37-14-10-25)41-43(33)17-3-4-18-44-34(22-30(42-44)26-11-15-38-16-12-26)36(48)40-28-8-6-24(2)32(20-28)46(51)52/h5-16,19-22H,3-4,17-18H2,1-2H3,(H,39,47)(H,40,48). The zero-order valence-corrected chi connectivity index (χ0v) is 28.1. The molecule has 0 saturated heterocycles. The van der Waals surface area contributed by atoms with Gasteiger partial charge in [0.1, 0.15) is 11.4 Å². The van der Waals surface area contributed by atoms with E-state index >= 15 is 0 Å². The van der Waals surface area contributed by atoms with E-state index in [2.05, 4.69) is 30.8 Å². The Labute approximate surface area is 296 Å². The number of nitrogens with one attached hydrogen (secondary N) is 2. The van der Waals surface area contributed by atoms with Crippen molar-refractivity contribution in [1.82, 2.24) is 29.5 Å². The quantitative estimate of drug-likeness (QED) is 0.0748. The maximum absolute atomic E-state index is 13.5. The minimum atomic E-state index is -0.500. The molecule has 0 unspecified atom stereocenters. The van der Waals surface area contributed by atoms with Crippen LogP contribution in [0.5, 0.6) is 0 Å². The van der Waals surface area contributed by atoms with Crippen LogP contribution in [0.3, 0.4) is 0 Å². The van der Waals surface area contributed by atoms with E-state index < -0.39 is 21.7 Å². The number of hydrogen-bond acceptors (Lipinski definition) is 10. The number of hydrogen-bond donors (Lipinski definition) is 2. The van der Waals surface area contributed by atoms with Crippen LogP contribution in [0.4, 0.5) is 22.7 Å². The zero-order valence-electron chi connectivity index (χ0n) is 28.1. The summed E-state index contributed by atoms with van der Waals surface area (Å²) in [6.45, 7) is 3.90. The number of unbranched alkanes of at least 4 members (excludes halogenated alkanes) is 1. The summed E-state index contributed by atoms with van der Waals surface area (Å²) in [5.41, 5.74) is 4.38. The van der Waals surface area contributed by atoms with Gasteiger partial charge in [0.25, 0.3) is 23.2 Å². The van der Waals surface area contributed by atoms with Gasteiger partial charge < -0.3 is 10.6 Å². The zero-order chi connectivity index (χ0) is 36.8. The molecule has 16 nitrogen and oxygen atoms in total. The Morgan fingerprint density at radius 1 is 0.615 bits per heavy atom. The highest BCUT2D eigenvalue weighted by molar-refractivity contribution is 6.04. The number of nitro benzene ring substituents is 2. The molecular weight excluding hydrogens is 668 g/mol. The van der Waals surface area contributed by atoms with Crippen LogP contribution in [0.15, 0.2) is 97.6 Å². The first-order valence-electron chi connectivity index (χ1n) is 16.2. The van der Waals surface area contributed by atoms with E-state index in [4.69, 9.17) is 0 Å². The summed E-state index contributed by atoms with van der Waals surface area (Å²) in [7, 11) is 0. The maximum atomic E-state index is 13.5. The molecule has 0 spiro atoms. The molecule has 262 valence electrons. The molecule has 2 N–H and O–H groups in total. The van der Waals surface area contributed by atoms with Crippen LogP contribution < -0.4 is 10.6 Å². The minimum Gasteiger partial charge on any atom is -0.320 e. The van der Waals surface area contributed by atoms with Crippen molar-refractivity contribution in [3.63, 3.8) is 0 Å². The lowest BCUT2D eigenvalue weighted by Crippen LogP contribution is -2.19. The minimum absolute atomic E-state index is 0.109. The molecule has 2 aromatic carbocycles. The number of aromatic nitrogens is 6. The van der Waals surface area contributed by atoms with Crippen molar-refractivity contribution in [1.29, 1.82) is 0 Å². The highest BCUT2D eigenvalue weighted by atomic mass is 16.6. The highest BCUT2D eigenvalue weighted by Gasteiger charge is 2.21. The number of nitro groups is 2. The third kappa shape index (κ3) is 7.86. The summed E-state index contributed by atoms with van der Waals surface area (Å²) >= 11 is 0. The van der Waals surface area contributed by atoms with Crippen molar-refractivity contribution in [2.24, 2.45) is 0 Å². The third-order valence-corrected chi connectivity index (χ3v) is 8.29. The van der Waals surface area contributed by atoms with Gasteiger partial charge in [-0.3, -0.25) is 49.1 Å². The van der Waals surface area contributed by atoms with Gasteiger partial charge in [0.15, 0.2) is 0 Å². The molecule has 0 atom stereocenters. The predicted octanol–water partition coefficient (Wildman–Crippen LogP) is 6.62. The molecule has 0 aliphatic rings. The molecular formula is C36H32N10O6. The topological polar surface area (TPSA) is 206 Å². The van der Waals surface area contributed by atoms with Gasteiger partial charge in [-0.25, -0.2) is 0 Å². The predicted molar refractivity (Wildman–Crippen MR) is 192 cm³/mol. The largest absolute Gasteiger partial charge is 0.320 e. The molecule has 6 aromatic rings. The van der Waals surface area contributed by atoms with Crippen LogP contribution in [0.2, 0.25) is 0 Å². The molecule has 0 aliphatic heterocycles. The summed E-state index contributed by atoms with van der Waals surface area (Å²) in [4.78, 5) is 57.1. The molecule has 2 amide bonds. The van der Waals surface area contributed by atoms with E-state index in [0.29, 0.717) is 48.4 Å². The monoisotopic (exact) mass is 700 g/mol. The molecule has 4 heterocycles. The van der Waals surface area contributed by atoms with Crippen LogP contribution in [-0.4, -0.2) is 51.2 Å². The van der Waals surface area contributed by atoms with Crippen molar-refractivity contribution in [2.75, 3.05) is 10.6 Å². The van der Waals surface area contributed by atoms with E-state index in [1.54, 1.807) is 109 Å². The number of carbonyl (C=O) groups is 2. The van der Waals surface area contributed by atoms with Gasteiger partial charge in [-0.05, 0) is 75.2 Å². The summed E-state index contributed by atoms with van der Waals surface area (Å²) in [6.07, 6.45) is 7.55. The third-order valence-electron chi connectivity index (χ3n) is 8.29. The fraction of sp³-hybridized carbons (Fsp3) is 0.167. The van der Waals surface area contributed by atoms with Gasteiger partial charge in [-0.2, -0.15) is 10.2 Å². The molecule has 0 bridgehead atoms. The average molecular weight is 701 g/mol. The van der Waals surface area contributed by atoms with Gasteiger partial charge in [0.2, 0.25) is 0 Å². The van der Waals surface area contributed by atoms with Gasteiger partial charge in [-0.15, -0.1) is 0 Å². The number of benzene rings is 2. The van der Waals surface area contributed by atoms with Gasteiger partial charge >= 0.3 is 0 Å². The van der Waals surface area contributed by atoms with Crippen LogP contribution in [-0.2, 0) is 13.1 Å². The maximum Gasteiger partial charge on any atom is 0.274 e. The number of rotatable bonds is 13. The fourth-order valence-electron chi connectivity index (χ4n) is 5.55. The Morgan fingerprint density at radius 2 is 1.00 bits per heavy atom. The SMILES string of the molecule is Cc1ccc(NC(=O)c2cc(-c3ccncc3)nn2CCCCn2nc(-c3ccncc3)cc2C(=O)Nc2ccc(C)c([N+](=O)[O-])c2)cc1[N+](=O)[O-]. The molecule has 16 heteroatoms. The van der Waals surface area contributed by atoms with E-state index in [1.807, 2.05) is 0 Å². The Bertz CT molecular complexity index is 2120. The van der Waals surface area contributed by atoms with Crippen molar-refractivity contribution in [3.8, 4) is 22.5 Å². The lowest BCUT2D eigenvalue weighted by atomic mass is 10.1. The lowest BCUT2D eigenvalue weighted by molar-refractivity contribution is -0.385. The van der Waals surface area contributed by atoms with E-state index in [1.165, 1.54) is 12.1 Å². The highest BCUT2D eigenvalue weighted by Crippen LogP contribution is 2.26. The molecule has 52 heavy (non-hydrogen) atoms. The van der Waals surface area contributed by atoms with Gasteiger partial charge in [0, 0.05) is 83.6 Å². The number of anilines is 2. The summed E-state index contributed by atoms with van der Waals surface area (Å²) in [6, 6.07) is 19.4. The molecule has 0 aliphatic carbocycles. The second kappa shape index (κ2) is 15.2. The lowest BCUT2D eigenvalue weighted by Gasteiger charge is -2.11. The van der Waals surface area contributed by atoms with E-state index in [-0.39, 0.29) is 34.1 Å². The Morgan fingerprint density at radius 3 is 1.37 bits per heavy atom. The first-order chi connectivity index (χ1) is 25.1. The summed E-state index contributed by atoms with van der Waals surface area (Å²) < 4.78 is 3.16. The normalized spacial score (nSPS) is 10.9. The summed E-state index contributed by atoms with van der Waals surface area (Å²) in [5.74, 6) is -0.981. The van der Waals surface area contributed by atoms with Crippen LogP contribution in [0.25, 0.3) is 22.5 Å². The van der Waals surface area contributed by atoms with Crippen molar-refractivity contribution < 1.29 is 19.4 Å². The van der Waals surface area contributed by atoms with Crippen molar-refractivity contribution >= 4 is 34.6 Å². The van der Waals surface area contributed by atoms with E-state index in [9.17, 15) is 29.8 Å². The van der Waals surface area contributed by atoms with Crippen LogP contribution in [0.1, 0.15) is 44.9 Å². The van der Waals surface area contributed by atoms with Crippen LogP contribution >= 0.6 is 0 Å². The van der Waals surface area contributed by atoms with Crippen molar-refractivity contribution in [3.05, 3.63) is 140 Å². The fourth-order valence-corrected chi connectivity index (χ4v) is 5.55. The van der Waals surface area contributed by atoms with Gasteiger partial charge in [-0.1, -0.05) is 12.1 Å². The first kappa shape index (κ1) is 34.8. The Balaban J connectivity index is 1.21. The van der Waals surface area contributed by atoms with Crippen LogP contribution in [0, 0.1) is 34.1 Å². The second-order valence-electron chi connectivity index (χ2n) is 11.9. The second-order valence-corrected chi connectivity index (χ2v) is 11.9. The molecule has 0 fully saturated rings. The number of aryl methyl sites for hydroxylation is 4. The van der Waals surface area contributed by atoms with Gasteiger partial charge in [0.05, 0.1) is 21.2 Å². The average Bonchev–Trinajstić information content (AvgIpc) is 3.77. The smallest absolute Gasteiger partial charge is 0.274 e. The Hall–Kier alpha value is -7.10. The first-order valence-corrected chi connectivity index (χ1v) is 16.2. The molecule has 6 rings (SSSR count). The number of carbonyl (C=O) groups excluding carboxylic acids is 2. The molecule has 4 aromatic heterocycles. The number of nitrogens with zero attached hydrogens (tertiary/aromatic N) is 8. The molecule has 0 saturated carbocycles. The number of pyridine rings is 2.